The number of benzene rings is 1. The van der Waals surface area contributed by atoms with Crippen molar-refractivity contribution >= 4 is 17.0 Å². The second-order valence-electron chi connectivity index (χ2n) is 4.54. The number of aryl methyl sites for hydroxylation is 1. The lowest BCUT2D eigenvalue weighted by atomic mass is 10.1. The van der Waals surface area contributed by atoms with Crippen LogP contribution in [0.25, 0.3) is 11.3 Å². The van der Waals surface area contributed by atoms with Crippen molar-refractivity contribution < 1.29 is 4.74 Å². The van der Waals surface area contributed by atoms with Gasteiger partial charge in [0, 0.05) is 23.2 Å². The van der Waals surface area contributed by atoms with Gasteiger partial charge >= 0.3 is 0 Å². The lowest BCUT2D eigenvalue weighted by molar-refractivity contribution is 0.195. The molecular weight excluding hydrogens is 244 g/mol. The zero-order chi connectivity index (χ0) is 12.4. The van der Waals surface area contributed by atoms with E-state index in [0.29, 0.717) is 6.04 Å². The van der Waals surface area contributed by atoms with Crippen LogP contribution in [0.3, 0.4) is 0 Å². The van der Waals surface area contributed by atoms with Crippen LogP contribution in [0.1, 0.15) is 11.4 Å². The number of thiazole rings is 1. The van der Waals surface area contributed by atoms with E-state index < -0.39 is 0 Å². The molecule has 1 aromatic carbocycles. The molecule has 0 amide bonds. The van der Waals surface area contributed by atoms with E-state index in [1.807, 2.05) is 6.92 Å². The maximum Gasteiger partial charge on any atom is 0.0901 e. The van der Waals surface area contributed by atoms with Crippen molar-refractivity contribution in [1.29, 1.82) is 0 Å². The maximum absolute atomic E-state index is 5.37. The molecule has 0 bridgehead atoms. The van der Waals surface area contributed by atoms with Crippen LogP contribution in [-0.4, -0.2) is 24.2 Å². The second kappa shape index (κ2) is 5.08. The zero-order valence-electron chi connectivity index (χ0n) is 10.3. The quantitative estimate of drug-likeness (QED) is 0.919. The number of aromatic nitrogens is 1. The van der Waals surface area contributed by atoms with E-state index in [1.54, 1.807) is 11.3 Å². The van der Waals surface area contributed by atoms with Crippen LogP contribution >= 0.6 is 11.3 Å². The summed E-state index contributed by atoms with van der Waals surface area (Å²) in [6, 6.07) is 8.87. The summed E-state index contributed by atoms with van der Waals surface area (Å²) in [5.41, 5.74) is 3.38. The smallest absolute Gasteiger partial charge is 0.0901 e. The summed E-state index contributed by atoms with van der Waals surface area (Å²) in [5.74, 6) is 0. The van der Waals surface area contributed by atoms with Gasteiger partial charge in [0.15, 0.2) is 0 Å². The van der Waals surface area contributed by atoms with Gasteiger partial charge in [-0.3, -0.25) is 0 Å². The number of ether oxygens (including phenoxy) is 1. The first-order valence-corrected chi connectivity index (χ1v) is 7.06. The van der Waals surface area contributed by atoms with Gasteiger partial charge in [0.05, 0.1) is 23.4 Å². The molecule has 1 unspecified atom stereocenters. The lowest BCUT2D eigenvalue weighted by Crippen LogP contribution is -2.18. The van der Waals surface area contributed by atoms with Crippen LogP contribution in [0, 0.1) is 6.92 Å². The minimum atomic E-state index is 0.442. The minimum absolute atomic E-state index is 0.442. The van der Waals surface area contributed by atoms with Gasteiger partial charge in [0.1, 0.15) is 0 Å². The van der Waals surface area contributed by atoms with Crippen molar-refractivity contribution in [3.8, 4) is 11.3 Å². The normalized spacial score (nSPS) is 19.1. The average molecular weight is 260 g/mol. The van der Waals surface area contributed by atoms with Gasteiger partial charge < -0.3 is 10.1 Å². The summed E-state index contributed by atoms with van der Waals surface area (Å²) in [6.45, 7) is 3.70. The lowest BCUT2D eigenvalue weighted by Gasteiger charge is -2.12. The molecule has 0 saturated carbocycles. The Labute approximate surface area is 111 Å². The van der Waals surface area contributed by atoms with Crippen LogP contribution in [-0.2, 0) is 4.74 Å². The van der Waals surface area contributed by atoms with E-state index in [2.05, 4.69) is 39.9 Å². The van der Waals surface area contributed by atoms with Gasteiger partial charge in [-0.05, 0) is 25.5 Å². The summed E-state index contributed by atoms with van der Waals surface area (Å²) in [4.78, 5) is 4.52. The Morgan fingerprint density at radius 3 is 3.11 bits per heavy atom. The van der Waals surface area contributed by atoms with Crippen LogP contribution in [0.5, 0.6) is 0 Å². The molecule has 3 nitrogen and oxygen atoms in total. The van der Waals surface area contributed by atoms with E-state index in [9.17, 15) is 0 Å². The van der Waals surface area contributed by atoms with Gasteiger partial charge in [-0.2, -0.15) is 0 Å². The molecule has 4 heteroatoms. The summed E-state index contributed by atoms with van der Waals surface area (Å²) >= 11 is 1.69. The van der Waals surface area contributed by atoms with Gasteiger partial charge in [-0.15, -0.1) is 11.3 Å². The summed E-state index contributed by atoms with van der Waals surface area (Å²) in [7, 11) is 0. The topological polar surface area (TPSA) is 34.2 Å². The second-order valence-corrected chi connectivity index (χ2v) is 5.60. The molecule has 94 valence electrons. The number of rotatable bonds is 3. The molecule has 1 saturated heterocycles. The van der Waals surface area contributed by atoms with Crippen molar-refractivity contribution in [2.24, 2.45) is 0 Å². The minimum Gasteiger partial charge on any atom is -0.380 e. The van der Waals surface area contributed by atoms with E-state index in [-0.39, 0.29) is 0 Å². The molecule has 1 atom stereocenters. The molecule has 3 rings (SSSR count). The van der Waals surface area contributed by atoms with Crippen molar-refractivity contribution in [2.45, 2.75) is 19.4 Å². The Balaban J connectivity index is 1.80. The predicted octanol–water partition coefficient (Wildman–Crippen LogP) is 3.32. The first-order valence-electron chi connectivity index (χ1n) is 6.18. The molecule has 0 radical (unpaired) electrons. The molecule has 1 N–H and O–H groups in total. The van der Waals surface area contributed by atoms with Gasteiger partial charge in [-0.1, -0.05) is 12.1 Å². The molecule has 1 aliphatic heterocycles. The third-order valence-corrected chi connectivity index (χ3v) is 3.85. The van der Waals surface area contributed by atoms with E-state index in [4.69, 9.17) is 4.74 Å². The Hall–Kier alpha value is -1.39. The largest absolute Gasteiger partial charge is 0.380 e. The fourth-order valence-corrected chi connectivity index (χ4v) is 2.77. The molecule has 2 heterocycles. The highest BCUT2D eigenvalue weighted by Gasteiger charge is 2.15. The Kier molecular flexibility index (Phi) is 3.30. The SMILES string of the molecule is Cc1nc(-c2cccc(NC3CCOC3)c2)cs1. The van der Waals surface area contributed by atoms with Crippen molar-refractivity contribution in [3.05, 3.63) is 34.7 Å². The summed E-state index contributed by atoms with van der Waals surface area (Å²) < 4.78 is 5.37. The fraction of sp³-hybridized carbons (Fsp3) is 0.357. The zero-order valence-corrected chi connectivity index (χ0v) is 11.2. The summed E-state index contributed by atoms with van der Waals surface area (Å²) in [6.07, 6.45) is 1.08. The van der Waals surface area contributed by atoms with E-state index in [0.717, 1.165) is 36.0 Å². The van der Waals surface area contributed by atoms with Gasteiger partial charge in [0.2, 0.25) is 0 Å². The van der Waals surface area contributed by atoms with Crippen molar-refractivity contribution in [3.63, 3.8) is 0 Å². The van der Waals surface area contributed by atoms with Crippen LogP contribution < -0.4 is 5.32 Å². The number of hydrogen-bond acceptors (Lipinski definition) is 4. The number of anilines is 1. The molecule has 0 aliphatic carbocycles. The average Bonchev–Trinajstić information content (AvgIpc) is 3.01. The predicted molar refractivity (Wildman–Crippen MR) is 75.1 cm³/mol. The molecule has 2 aromatic rings. The Morgan fingerprint density at radius 1 is 1.44 bits per heavy atom. The third-order valence-electron chi connectivity index (χ3n) is 3.08. The molecule has 1 aromatic heterocycles. The molecule has 18 heavy (non-hydrogen) atoms. The number of nitrogens with one attached hydrogen (secondary N) is 1. The summed E-state index contributed by atoms with van der Waals surface area (Å²) in [5, 5.41) is 6.72. The first kappa shape index (κ1) is 11.7. The van der Waals surface area contributed by atoms with Crippen molar-refractivity contribution in [1.82, 2.24) is 4.98 Å². The van der Waals surface area contributed by atoms with Crippen LogP contribution in [0.4, 0.5) is 5.69 Å². The first-order chi connectivity index (χ1) is 8.81. The Morgan fingerprint density at radius 2 is 2.39 bits per heavy atom. The van der Waals surface area contributed by atoms with Crippen LogP contribution in [0.15, 0.2) is 29.6 Å². The van der Waals surface area contributed by atoms with Crippen molar-refractivity contribution in [2.75, 3.05) is 18.5 Å². The maximum atomic E-state index is 5.37. The Bertz CT molecular complexity index is 532. The highest BCUT2D eigenvalue weighted by molar-refractivity contribution is 7.09. The van der Waals surface area contributed by atoms with Gasteiger partial charge in [0.25, 0.3) is 0 Å². The highest BCUT2D eigenvalue weighted by atomic mass is 32.1. The molecule has 0 spiro atoms. The van der Waals surface area contributed by atoms with Gasteiger partial charge in [-0.25, -0.2) is 4.98 Å². The van der Waals surface area contributed by atoms with E-state index in [1.165, 1.54) is 5.56 Å². The number of hydrogen-bond donors (Lipinski definition) is 1. The van der Waals surface area contributed by atoms with E-state index >= 15 is 0 Å². The highest BCUT2D eigenvalue weighted by Crippen LogP contribution is 2.25. The third kappa shape index (κ3) is 2.54. The fourth-order valence-electron chi connectivity index (χ4n) is 2.15. The monoisotopic (exact) mass is 260 g/mol. The standard InChI is InChI=1S/C14H16N2OS/c1-10-15-14(9-18-10)11-3-2-4-12(7-11)16-13-5-6-17-8-13/h2-4,7,9,13,16H,5-6,8H2,1H3. The van der Waals surface area contributed by atoms with Crippen LogP contribution in [0.2, 0.25) is 0 Å². The number of nitrogens with zero attached hydrogens (tertiary/aromatic N) is 1. The molecule has 1 aliphatic rings. The molecule has 1 fully saturated rings. The molecular formula is C14H16N2OS.